The number of benzene rings is 1. The van der Waals surface area contributed by atoms with Crippen molar-refractivity contribution >= 4 is 34.6 Å². The highest BCUT2D eigenvalue weighted by molar-refractivity contribution is 6.24. The first-order valence-electron chi connectivity index (χ1n) is 12.8. The van der Waals surface area contributed by atoms with E-state index < -0.39 is 64.1 Å². The number of aliphatic hydroxyl groups is 4. The Morgan fingerprint density at radius 1 is 1.21 bits per heavy atom. The van der Waals surface area contributed by atoms with Crippen LogP contribution in [0.4, 0.5) is 11.4 Å². The molecule has 0 saturated heterocycles. The van der Waals surface area contributed by atoms with Gasteiger partial charge in [-0.25, -0.2) is 0 Å². The minimum absolute atomic E-state index is 0.00835. The van der Waals surface area contributed by atoms with Gasteiger partial charge in [-0.1, -0.05) is 6.92 Å². The van der Waals surface area contributed by atoms with Gasteiger partial charge in [-0.05, 0) is 50.9 Å². The molecule has 5 unspecified atom stereocenters. The maximum absolute atomic E-state index is 14.0. The van der Waals surface area contributed by atoms with Gasteiger partial charge in [0.25, 0.3) is 5.91 Å². The van der Waals surface area contributed by atoms with Crippen LogP contribution in [0.5, 0.6) is 5.75 Å². The van der Waals surface area contributed by atoms with E-state index in [-0.39, 0.29) is 42.0 Å². The summed E-state index contributed by atoms with van der Waals surface area (Å²) in [6.07, 6.45) is -0.000574. The molecular formula is C27H36N4O8. The molecular weight excluding hydrogens is 508 g/mol. The van der Waals surface area contributed by atoms with Gasteiger partial charge in [-0.15, -0.1) is 0 Å². The highest BCUT2D eigenvalue weighted by Crippen LogP contribution is 2.54. The molecule has 3 aliphatic rings. The molecule has 39 heavy (non-hydrogen) atoms. The number of aliphatic hydroxyl groups excluding tert-OH is 3. The van der Waals surface area contributed by atoms with E-state index in [1.54, 1.807) is 46.1 Å². The fourth-order valence-electron chi connectivity index (χ4n) is 6.20. The number of aromatic hydroxyl groups is 1. The van der Waals surface area contributed by atoms with Crippen LogP contribution in [-0.4, -0.2) is 100 Å². The average molecular weight is 545 g/mol. The Hall–Kier alpha value is -3.61. The van der Waals surface area contributed by atoms with Crippen molar-refractivity contribution in [1.82, 2.24) is 4.90 Å². The van der Waals surface area contributed by atoms with Crippen molar-refractivity contribution in [2.45, 2.75) is 43.9 Å². The van der Waals surface area contributed by atoms with E-state index in [0.717, 1.165) is 0 Å². The molecule has 12 nitrogen and oxygen atoms in total. The summed E-state index contributed by atoms with van der Waals surface area (Å²) in [4.78, 5) is 42.5. The van der Waals surface area contributed by atoms with Crippen molar-refractivity contribution in [1.29, 1.82) is 0 Å². The number of phenols is 1. The molecule has 212 valence electrons. The minimum atomic E-state index is -2.69. The number of hydrogen-bond donors (Lipinski definition) is 7. The molecule has 5 atom stereocenters. The van der Waals surface area contributed by atoms with Gasteiger partial charge < -0.3 is 41.5 Å². The zero-order valence-corrected chi connectivity index (χ0v) is 22.6. The van der Waals surface area contributed by atoms with Crippen molar-refractivity contribution in [2.24, 2.45) is 17.6 Å². The molecule has 0 aliphatic heterocycles. The molecule has 1 aromatic carbocycles. The fourth-order valence-corrected chi connectivity index (χ4v) is 6.20. The Labute approximate surface area is 226 Å². The number of ketones is 2. The van der Waals surface area contributed by atoms with Crippen molar-refractivity contribution in [3.05, 3.63) is 34.1 Å². The van der Waals surface area contributed by atoms with E-state index in [1.165, 1.54) is 4.90 Å². The van der Waals surface area contributed by atoms with Crippen LogP contribution in [0, 0.1) is 11.8 Å². The first kappa shape index (κ1) is 28.4. The second kappa shape index (κ2) is 9.85. The van der Waals surface area contributed by atoms with Crippen LogP contribution in [0.25, 0.3) is 5.76 Å². The summed E-state index contributed by atoms with van der Waals surface area (Å²) < 4.78 is 0. The van der Waals surface area contributed by atoms with E-state index in [1.807, 2.05) is 0 Å². The summed E-state index contributed by atoms with van der Waals surface area (Å²) in [5.41, 5.74) is 3.03. The SMILES string of the molecule is CCC(O)CNc1cc(N(C)C)c2c(c1O)C(O)=C1C(=O)C3(O)C(O)=C(C(N)=O)C(=O)C(N(C)C)C3CC1C2. The number of primary amides is 1. The van der Waals surface area contributed by atoms with Crippen molar-refractivity contribution in [2.75, 3.05) is 45.0 Å². The number of carbonyl (C=O) groups excluding carboxylic acids is 3. The number of Topliss-reactive ketones (excluding diaryl/α,β-unsaturated/α-hetero) is 2. The zero-order chi connectivity index (χ0) is 29.1. The van der Waals surface area contributed by atoms with E-state index in [0.29, 0.717) is 17.7 Å². The van der Waals surface area contributed by atoms with Crippen molar-refractivity contribution in [3.63, 3.8) is 0 Å². The Morgan fingerprint density at radius 3 is 2.38 bits per heavy atom. The lowest BCUT2D eigenvalue weighted by molar-refractivity contribution is -0.153. The summed E-state index contributed by atoms with van der Waals surface area (Å²) in [6.45, 7) is 1.94. The van der Waals surface area contributed by atoms with Crippen molar-refractivity contribution < 1.29 is 39.9 Å². The Morgan fingerprint density at radius 2 is 1.85 bits per heavy atom. The van der Waals surface area contributed by atoms with E-state index in [9.17, 15) is 39.9 Å². The molecule has 0 spiro atoms. The molecule has 8 N–H and O–H groups in total. The number of rotatable bonds is 7. The van der Waals surface area contributed by atoms with Gasteiger partial charge in [0.2, 0.25) is 5.78 Å². The highest BCUT2D eigenvalue weighted by Gasteiger charge is 2.64. The molecule has 4 rings (SSSR count). The van der Waals surface area contributed by atoms with E-state index in [4.69, 9.17) is 5.73 Å². The molecule has 1 amide bonds. The number of nitrogens with zero attached hydrogens (tertiary/aromatic N) is 2. The number of phenolic OH excluding ortho intramolecular Hbond substituents is 1. The monoisotopic (exact) mass is 544 g/mol. The number of likely N-dealkylation sites (N-methyl/N-ethyl adjacent to an activating group) is 1. The zero-order valence-electron chi connectivity index (χ0n) is 22.6. The first-order chi connectivity index (χ1) is 18.2. The normalized spacial score (nSPS) is 27.2. The predicted octanol–water partition coefficient (Wildman–Crippen LogP) is 0.213. The van der Waals surface area contributed by atoms with Crippen LogP contribution in [0.15, 0.2) is 23.0 Å². The van der Waals surface area contributed by atoms with Crippen molar-refractivity contribution in [3.8, 4) is 5.75 Å². The molecule has 0 radical (unpaired) electrons. The topological polar surface area (TPSA) is 197 Å². The summed E-state index contributed by atoms with van der Waals surface area (Å²) in [5.74, 6) is -6.96. The van der Waals surface area contributed by atoms with Crippen LogP contribution in [0.3, 0.4) is 0 Å². The summed E-state index contributed by atoms with van der Waals surface area (Å²) >= 11 is 0. The van der Waals surface area contributed by atoms with Gasteiger partial charge in [-0.3, -0.25) is 19.3 Å². The summed E-state index contributed by atoms with van der Waals surface area (Å²) in [6, 6.07) is 0.553. The third-order valence-electron chi connectivity index (χ3n) is 8.18. The third kappa shape index (κ3) is 4.14. The third-order valence-corrected chi connectivity index (χ3v) is 8.18. The number of carbonyl (C=O) groups is 3. The van der Waals surface area contributed by atoms with Crippen LogP contribution in [-0.2, 0) is 20.8 Å². The lowest BCUT2D eigenvalue weighted by atomic mass is 9.57. The number of nitrogens with two attached hydrogens (primary N) is 1. The predicted molar refractivity (Wildman–Crippen MR) is 143 cm³/mol. The Bertz CT molecular complexity index is 1320. The highest BCUT2D eigenvalue weighted by atomic mass is 16.3. The first-order valence-corrected chi connectivity index (χ1v) is 12.8. The maximum Gasteiger partial charge on any atom is 0.255 e. The molecule has 1 saturated carbocycles. The van der Waals surface area contributed by atoms with Crippen LogP contribution < -0.4 is 16.0 Å². The van der Waals surface area contributed by atoms with Crippen LogP contribution in [0.1, 0.15) is 30.9 Å². The molecule has 0 heterocycles. The van der Waals surface area contributed by atoms with Gasteiger partial charge in [-0.2, -0.15) is 0 Å². The Kier molecular flexibility index (Phi) is 7.17. The largest absolute Gasteiger partial charge is 0.508 e. The lowest BCUT2D eigenvalue weighted by Crippen LogP contribution is -2.65. The number of hydrogen-bond acceptors (Lipinski definition) is 11. The van der Waals surface area contributed by atoms with Gasteiger partial charge in [0.05, 0.1) is 23.4 Å². The molecule has 1 fully saturated rings. The van der Waals surface area contributed by atoms with Gasteiger partial charge in [0.1, 0.15) is 22.8 Å². The Balaban J connectivity index is 1.94. The smallest absolute Gasteiger partial charge is 0.255 e. The molecule has 1 aromatic rings. The molecule has 0 bridgehead atoms. The van der Waals surface area contributed by atoms with Gasteiger partial charge >= 0.3 is 0 Å². The lowest BCUT2D eigenvalue weighted by Gasteiger charge is -2.50. The fraction of sp³-hybridized carbons (Fsp3) is 0.519. The summed E-state index contributed by atoms with van der Waals surface area (Å²) in [5, 5.41) is 58.3. The quantitative estimate of drug-likeness (QED) is 0.183. The second-order valence-corrected chi connectivity index (χ2v) is 10.9. The standard InChI is InChI=1S/C27H36N4O8/c1-6-12(32)10-29-15-9-16(30(2)3)13-7-11-8-14-20(31(4)5)23(35)19(26(28)38)25(37)27(14,39)24(36)17(11)22(34)18(13)21(15)33/h9,11-12,14,20,29,32-34,37,39H,6-8,10H2,1-5H3,(H2,28,38). The number of amides is 1. The minimum Gasteiger partial charge on any atom is -0.508 e. The van der Waals surface area contributed by atoms with Gasteiger partial charge in [0.15, 0.2) is 11.4 Å². The second-order valence-electron chi connectivity index (χ2n) is 10.9. The number of fused-ring (bicyclic) bond motifs is 3. The number of nitrogens with one attached hydrogen (secondary N) is 1. The van der Waals surface area contributed by atoms with Gasteiger partial charge in [0, 0.05) is 37.8 Å². The maximum atomic E-state index is 14.0. The van der Waals surface area contributed by atoms with Crippen LogP contribution >= 0.6 is 0 Å². The molecule has 0 aromatic heterocycles. The molecule has 12 heteroatoms. The van der Waals surface area contributed by atoms with E-state index >= 15 is 0 Å². The molecule has 3 aliphatic carbocycles. The van der Waals surface area contributed by atoms with E-state index in [2.05, 4.69) is 5.32 Å². The van der Waals surface area contributed by atoms with Crippen LogP contribution in [0.2, 0.25) is 0 Å². The summed E-state index contributed by atoms with van der Waals surface area (Å²) in [7, 11) is 6.68. The number of anilines is 2. The average Bonchev–Trinajstić information content (AvgIpc) is 2.84.